The number of nitrogens with one attached hydrogen (secondary N) is 1. The van der Waals surface area contributed by atoms with Crippen molar-refractivity contribution in [3.05, 3.63) is 39.7 Å². The Morgan fingerprint density at radius 3 is 2.60 bits per heavy atom. The van der Waals surface area contributed by atoms with Gasteiger partial charge in [-0.2, -0.15) is 18.2 Å². The van der Waals surface area contributed by atoms with Crippen LogP contribution in [0.3, 0.4) is 0 Å². The largest absolute Gasteiger partial charge is 0.468 e. The van der Waals surface area contributed by atoms with Gasteiger partial charge in [-0.1, -0.05) is 6.07 Å². The van der Waals surface area contributed by atoms with Gasteiger partial charge in [0.15, 0.2) is 6.61 Å². The third kappa shape index (κ3) is 6.47. The van der Waals surface area contributed by atoms with E-state index in [-0.39, 0.29) is 41.5 Å². The Labute approximate surface area is 200 Å². The molecule has 1 saturated heterocycles. The number of nitrogens with two attached hydrogens (primary N) is 1. The highest BCUT2D eigenvalue weighted by Gasteiger charge is 2.32. The highest BCUT2D eigenvalue weighted by atomic mass is 19.4. The lowest BCUT2D eigenvalue weighted by Gasteiger charge is -2.42. The van der Waals surface area contributed by atoms with E-state index >= 15 is 0 Å². The molecule has 0 amide bonds. The van der Waals surface area contributed by atoms with Gasteiger partial charge in [-0.25, -0.2) is 9.97 Å². The molecular formula is C22H28F3N7O3. The number of likely N-dealkylation sites (tertiary alicyclic amines) is 1. The molecule has 10 nitrogen and oxygen atoms in total. The normalized spacial score (nSPS) is 20.8. The third-order valence-corrected chi connectivity index (χ3v) is 6.53. The second-order valence-corrected chi connectivity index (χ2v) is 8.98. The first-order chi connectivity index (χ1) is 16.7. The molecule has 0 unspecified atom stereocenters. The quantitative estimate of drug-likeness (QED) is 0.394. The second-order valence-electron chi connectivity index (χ2n) is 8.98. The molecule has 0 aromatic carbocycles. The molecule has 0 atom stereocenters. The van der Waals surface area contributed by atoms with Crippen LogP contribution in [0.5, 0.6) is 5.88 Å². The topological polar surface area (TPSA) is 132 Å². The molecule has 1 saturated carbocycles. The number of anilines is 2. The van der Waals surface area contributed by atoms with Crippen molar-refractivity contribution in [2.24, 2.45) is 5.92 Å². The number of pyridine rings is 1. The molecule has 4 rings (SSSR count). The lowest BCUT2D eigenvalue weighted by atomic mass is 9.82. The van der Waals surface area contributed by atoms with Gasteiger partial charge in [0.1, 0.15) is 5.69 Å². The molecule has 0 spiro atoms. The molecule has 2 aromatic rings. The van der Waals surface area contributed by atoms with Gasteiger partial charge in [0.25, 0.3) is 0 Å². The van der Waals surface area contributed by atoms with Gasteiger partial charge in [-0.15, -0.1) is 0 Å². The second kappa shape index (κ2) is 10.6. The first kappa shape index (κ1) is 24.9. The van der Waals surface area contributed by atoms with Gasteiger partial charge >= 0.3 is 11.9 Å². The van der Waals surface area contributed by atoms with Crippen molar-refractivity contribution in [2.45, 2.75) is 57.3 Å². The number of nitrogens with zero attached hydrogens (tertiary/aromatic N) is 5. The van der Waals surface area contributed by atoms with Crippen LogP contribution in [0.25, 0.3) is 0 Å². The lowest BCUT2D eigenvalue weighted by Crippen LogP contribution is -2.46. The highest BCUT2D eigenvalue weighted by Crippen LogP contribution is 2.34. The number of hydrogen-bond acceptors (Lipinski definition) is 9. The van der Waals surface area contributed by atoms with Gasteiger partial charge in [-0.3, -0.25) is 10.1 Å². The zero-order valence-electron chi connectivity index (χ0n) is 19.1. The summed E-state index contributed by atoms with van der Waals surface area (Å²) in [6.07, 6.45) is 2.53. The van der Waals surface area contributed by atoms with E-state index in [0.717, 1.165) is 38.8 Å². The van der Waals surface area contributed by atoms with Crippen LogP contribution in [-0.4, -0.2) is 56.7 Å². The number of nitrogen functional groups attached to an aromatic ring is 1. The monoisotopic (exact) mass is 495 g/mol. The molecule has 2 fully saturated rings. The number of hydrogen-bond donors (Lipinski definition) is 2. The average molecular weight is 496 g/mol. The first-order valence-electron chi connectivity index (χ1n) is 11.6. The molecular weight excluding hydrogens is 467 g/mol. The summed E-state index contributed by atoms with van der Waals surface area (Å²) >= 11 is 0. The molecule has 1 aliphatic carbocycles. The maximum absolute atomic E-state index is 12.5. The Morgan fingerprint density at radius 1 is 1.23 bits per heavy atom. The molecule has 3 heterocycles. The Hall–Kier alpha value is -3.22. The molecule has 2 aliphatic rings. The Kier molecular flexibility index (Phi) is 7.53. The van der Waals surface area contributed by atoms with E-state index in [2.05, 4.69) is 25.2 Å². The van der Waals surface area contributed by atoms with Gasteiger partial charge in [0.2, 0.25) is 17.6 Å². The highest BCUT2D eigenvalue weighted by molar-refractivity contribution is 5.58. The molecule has 13 heteroatoms. The summed E-state index contributed by atoms with van der Waals surface area (Å²) in [5.41, 5.74) is 6.22. The molecule has 35 heavy (non-hydrogen) atoms. The fraction of sp³-hybridized carbons (Fsp3) is 0.591. The van der Waals surface area contributed by atoms with Gasteiger partial charge in [-0.05, 0) is 63.6 Å². The molecule has 3 N–H and O–H groups in total. The van der Waals surface area contributed by atoms with E-state index in [0.29, 0.717) is 18.0 Å². The minimum absolute atomic E-state index is 0.00132. The van der Waals surface area contributed by atoms with Crippen LogP contribution >= 0.6 is 0 Å². The predicted octanol–water partition coefficient (Wildman–Crippen LogP) is 3.72. The van der Waals surface area contributed by atoms with E-state index in [1.54, 1.807) is 12.1 Å². The summed E-state index contributed by atoms with van der Waals surface area (Å²) in [5.74, 6) is -0.111. The van der Waals surface area contributed by atoms with Crippen LogP contribution in [0.15, 0.2) is 18.3 Å². The minimum atomic E-state index is -4.50. The first-order valence-corrected chi connectivity index (χ1v) is 11.6. The van der Waals surface area contributed by atoms with Gasteiger partial charge in [0.05, 0.1) is 4.92 Å². The summed E-state index contributed by atoms with van der Waals surface area (Å²) in [6.45, 7) is 0.831. The van der Waals surface area contributed by atoms with Crippen molar-refractivity contribution in [3.63, 3.8) is 0 Å². The van der Waals surface area contributed by atoms with Gasteiger partial charge in [0, 0.05) is 24.3 Å². The van der Waals surface area contributed by atoms with Gasteiger partial charge < -0.3 is 20.7 Å². The van der Waals surface area contributed by atoms with Crippen LogP contribution in [0.4, 0.5) is 30.6 Å². The van der Waals surface area contributed by atoms with Crippen LogP contribution < -0.4 is 15.8 Å². The average Bonchev–Trinajstić information content (AvgIpc) is 2.76. The Balaban J connectivity index is 1.44. The van der Waals surface area contributed by atoms with Crippen molar-refractivity contribution >= 4 is 17.5 Å². The van der Waals surface area contributed by atoms with Crippen molar-refractivity contribution in [3.8, 4) is 5.88 Å². The number of rotatable bonds is 9. The lowest BCUT2D eigenvalue weighted by molar-refractivity contribution is -0.385. The van der Waals surface area contributed by atoms with Crippen molar-refractivity contribution in [1.82, 2.24) is 19.9 Å². The minimum Gasteiger partial charge on any atom is -0.468 e. The summed E-state index contributed by atoms with van der Waals surface area (Å²) < 4.78 is 42.4. The van der Waals surface area contributed by atoms with Crippen LogP contribution in [0, 0.1) is 16.0 Å². The predicted molar refractivity (Wildman–Crippen MR) is 122 cm³/mol. The SMILES string of the molecule is Nc1nc(NCc2cccnc2OCC(F)(F)F)nc(CC2CCC(N3CCC3)CC2)c1[N+](=O)[O-]. The summed E-state index contributed by atoms with van der Waals surface area (Å²) in [4.78, 5) is 25.8. The van der Waals surface area contributed by atoms with E-state index in [4.69, 9.17) is 10.5 Å². The zero-order valence-corrected chi connectivity index (χ0v) is 19.1. The fourth-order valence-electron chi connectivity index (χ4n) is 4.65. The summed E-state index contributed by atoms with van der Waals surface area (Å²) in [5, 5.41) is 14.5. The third-order valence-electron chi connectivity index (χ3n) is 6.53. The summed E-state index contributed by atoms with van der Waals surface area (Å²) in [6, 6.07) is 3.71. The van der Waals surface area contributed by atoms with E-state index in [9.17, 15) is 23.3 Å². The standard InChI is InChI=1S/C22H28F3N7O3/c23-22(24,25)13-35-20-15(3-1-8-27-20)12-28-21-29-17(18(32(33)34)19(26)30-21)11-14-4-6-16(7-5-14)31-9-2-10-31/h1,3,8,14,16H,2,4-7,9-13H2,(H3,26,28,29,30). The molecule has 2 aromatic heterocycles. The van der Waals surface area contributed by atoms with Crippen molar-refractivity contribution in [1.29, 1.82) is 0 Å². The number of nitro groups is 1. The van der Waals surface area contributed by atoms with E-state index in [1.165, 1.54) is 12.6 Å². The smallest absolute Gasteiger partial charge is 0.422 e. The Morgan fingerprint density at radius 2 is 1.97 bits per heavy atom. The number of aromatic nitrogens is 3. The van der Waals surface area contributed by atoms with Crippen LogP contribution in [0.2, 0.25) is 0 Å². The molecule has 1 aliphatic heterocycles. The molecule has 0 radical (unpaired) electrons. The van der Waals surface area contributed by atoms with Crippen molar-refractivity contribution in [2.75, 3.05) is 30.7 Å². The number of ether oxygens (including phenoxy) is 1. The fourth-order valence-corrected chi connectivity index (χ4v) is 4.65. The van der Waals surface area contributed by atoms with Crippen LogP contribution in [0.1, 0.15) is 43.4 Å². The van der Waals surface area contributed by atoms with Crippen LogP contribution in [-0.2, 0) is 13.0 Å². The Bertz CT molecular complexity index is 1040. The zero-order chi connectivity index (χ0) is 25.0. The maximum Gasteiger partial charge on any atom is 0.422 e. The van der Waals surface area contributed by atoms with E-state index < -0.39 is 17.7 Å². The van der Waals surface area contributed by atoms with Crippen molar-refractivity contribution < 1.29 is 22.8 Å². The molecule has 190 valence electrons. The number of halogens is 3. The summed E-state index contributed by atoms with van der Waals surface area (Å²) in [7, 11) is 0. The van der Waals surface area contributed by atoms with E-state index in [1.807, 2.05) is 0 Å². The molecule has 0 bridgehead atoms. The number of alkyl halides is 3. The maximum atomic E-state index is 12.5.